The van der Waals surface area contributed by atoms with Gasteiger partial charge >= 0.3 is 0 Å². The maximum absolute atomic E-state index is 12.7. The highest BCUT2D eigenvalue weighted by Crippen LogP contribution is 2.24. The molecule has 0 bridgehead atoms. The van der Waals surface area contributed by atoms with E-state index in [1.165, 1.54) is 0 Å². The van der Waals surface area contributed by atoms with Gasteiger partial charge in [0.1, 0.15) is 5.84 Å². The second-order valence-electron chi connectivity index (χ2n) is 6.10. The lowest BCUT2D eigenvalue weighted by Gasteiger charge is -2.33. The van der Waals surface area contributed by atoms with Gasteiger partial charge in [0.25, 0.3) is 0 Å². The first-order valence-electron chi connectivity index (χ1n) is 7.83. The Balaban J connectivity index is 1.71. The number of amidine groups is 1. The number of sulfonamides is 1. The van der Waals surface area contributed by atoms with E-state index in [0.717, 1.165) is 37.3 Å². The summed E-state index contributed by atoms with van der Waals surface area (Å²) in [5.74, 6) is 1.41. The number of piperidine rings is 1. The Labute approximate surface area is 132 Å². The first-order valence-corrected chi connectivity index (χ1v) is 9.44. The summed E-state index contributed by atoms with van der Waals surface area (Å²) >= 11 is 0. The van der Waals surface area contributed by atoms with Gasteiger partial charge in [0.05, 0.1) is 12.3 Å². The van der Waals surface area contributed by atoms with Crippen LogP contribution in [0.15, 0.2) is 35.3 Å². The van der Waals surface area contributed by atoms with E-state index in [0.29, 0.717) is 13.1 Å². The molecule has 0 saturated carbocycles. The highest BCUT2D eigenvalue weighted by Gasteiger charge is 2.33. The minimum absolute atomic E-state index is 0.0862. The van der Waals surface area contributed by atoms with Crippen LogP contribution in [0.25, 0.3) is 0 Å². The van der Waals surface area contributed by atoms with Crippen molar-refractivity contribution in [2.45, 2.75) is 18.6 Å². The summed E-state index contributed by atoms with van der Waals surface area (Å²) in [4.78, 5) is 6.73. The van der Waals surface area contributed by atoms with E-state index in [2.05, 4.69) is 9.89 Å². The molecule has 1 aromatic carbocycles. The van der Waals surface area contributed by atoms with Crippen LogP contribution in [0.3, 0.4) is 0 Å². The Morgan fingerprint density at radius 1 is 1.23 bits per heavy atom. The molecule has 1 atom stereocenters. The van der Waals surface area contributed by atoms with Crippen molar-refractivity contribution in [3.8, 4) is 0 Å². The number of nitrogens with zero attached hydrogens (tertiary/aromatic N) is 3. The molecule has 1 aromatic rings. The molecule has 6 heteroatoms. The SMILES string of the molecule is CN1CCN=C1C1CCCN(S(=O)(=O)Cc2ccccc2)C1. The summed E-state index contributed by atoms with van der Waals surface area (Å²) in [6.45, 7) is 2.97. The standard InChI is InChI=1S/C16H23N3O2S/c1-18-11-9-17-16(18)15-8-5-10-19(12-15)22(20,21)13-14-6-3-2-4-7-14/h2-4,6-7,15H,5,8-13H2,1H3. The summed E-state index contributed by atoms with van der Waals surface area (Å²) in [5, 5.41) is 0. The molecular formula is C16H23N3O2S. The number of rotatable bonds is 4. The van der Waals surface area contributed by atoms with Gasteiger partial charge in [-0.15, -0.1) is 0 Å². The van der Waals surface area contributed by atoms with Crippen molar-refractivity contribution in [2.24, 2.45) is 10.9 Å². The smallest absolute Gasteiger partial charge is 0.218 e. The van der Waals surface area contributed by atoms with E-state index in [1.807, 2.05) is 37.4 Å². The van der Waals surface area contributed by atoms with E-state index < -0.39 is 10.0 Å². The van der Waals surface area contributed by atoms with Gasteiger partial charge in [0, 0.05) is 32.6 Å². The number of hydrogen-bond donors (Lipinski definition) is 0. The van der Waals surface area contributed by atoms with E-state index in [4.69, 9.17) is 0 Å². The molecule has 0 amide bonds. The summed E-state index contributed by atoms with van der Waals surface area (Å²) in [6.07, 6.45) is 1.94. The molecule has 2 aliphatic rings. The fourth-order valence-corrected chi connectivity index (χ4v) is 4.88. The maximum atomic E-state index is 12.7. The van der Waals surface area contributed by atoms with Crippen molar-refractivity contribution in [3.63, 3.8) is 0 Å². The van der Waals surface area contributed by atoms with E-state index in [-0.39, 0.29) is 11.7 Å². The molecule has 1 saturated heterocycles. The molecule has 2 heterocycles. The summed E-state index contributed by atoms with van der Waals surface area (Å²) in [6, 6.07) is 9.40. The van der Waals surface area contributed by atoms with E-state index in [1.54, 1.807) is 4.31 Å². The van der Waals surface area contributed by atoms with Gasteiger partial charge in [-0.3, -0.25) is 4.99 Å². The van der Waals surface area contributed by atoms with Gasteiger partial charge in [-0.2, -0.15) is 0 Å². The zero-order chi connectivity index (χ0) is 15.6. The lowest BCUT2D eigenvalue weighted by atomic mass is 9.98. The molecule has 5 nitrogen and oxygen atoms in total. The quantitative estimate of drug-likeness (QED) is 0.846. The first kappa shape index (κ1) is 15.5. The van der Waals surface area contributed by atoms with Crippen LogP contribution >= 0.6 is 0 Å². The van der Waals surface area contributed by atoms with Gasteiger partial charge in [-0.05, 0) is 18.4 Å². The zero-order valence-electron chi connectivity index (χ0n) is 13.0. The van der Waals surface area contributed by atoms with Crippen molar-refractivity contribution >= 4 is 15.9 Å². The second kappa shape index (κ2) is 6.38. The lowest BCUT2D eigenvalue weighted by molar-refractivity contribution is 0.300. The molecule has 3 rings (SSSR count). The maximum Gasteiger partial charge on any atom is 0.218 e. The van der Waals surface area contributed by atoms with Gasteiger partial charge in [-0.25, -0.2) is 12.7 Å². The Morgan fingerprint density at radius 3 is 2.68 bits per heavy atom. The molecule has 2 aliphatic heterocycles. The second-order valence-corrected chi connectivity index (χ2v) is 8.07. The van der Waals surface area contributed by atoms with Gasteiger partial charge in [0.15, 0.2) is 0 Å². The molecule has 22 heavy (non-hydrogen) atoms. The number of likely N-dealkylation sites (N-methyl/N-ethyl adjacent to an activating group) is 1. The van der Waals surface area contributed by atoms with Gasteiger partial charge in [-0.1, -0.05) is 30.3 Å². The van der Waals surface area contributed by atoms with Crippen molar-refractivity contribution in [2.75, 3.05) is 33.2 Å². The molecule has 0 radical (unpaired) electrons. The Hall–Kier alpha value is -1.40. The first-order chi connectivity index (χ1) is 10.6. The van der Waals surface area contributed by atoms with Crippen molar-refractivity contribution < 1.29 is 8.42 Å². The third kappa shape index (κ3) is 3.33. The van der Waals surface area contributed by atoms with Crippen molar-refractivity contribution in [1.82, 2.24) is 9.21 Å². The summed E-state index contributed by atoms with van der Waals surface area (Å²) < 4.78 is 27.0. The third-order valence-corrected chi connectivity index (χ3v) is 6.25. The summed E-state index contributed by atoms with van der Waals surface area (Å²) in [5.41, 5.74) is 0.847. The van der Waals surface area contributed by atoms with Gasteiger partial charge < -0.3 is 4.90 Å². The van der Waals surface area contributed by atoms with Crippen molar-refractivity contribution in [1.29, 1.82) is 0 Å². The topological polar surface area (TPSA) is 53.0 Å². The number of aliphatic imine (C=N–C) groups is 1. The largest absolute Gasteiger partial charge is 0.361 e. The third-order valence-electron chi connectivity index (χ3n) is 4.43. The Bertz CT molecular complexity index is 643. The fraction of sp³-hybridized carbons (Fsp3) is 0.562. The Kier molecular flexibility index (Phi) is 4.49. The molecule has 0 aromatic heterocycles. The molecule has 1 fully saturated rings. The number of benzene rings is 1. The predicted octanol–water partition coefficient (Wildman–Crippen LogP) is 1.57. The van der Waals surface area contributed by atoms with Crippen LogP contribution in [0, 0.1) is 5.92 Å². The van der Waals surface area contributed by atoms with Crippen LogP contribution < -0.4 is 0 Å². The van der Waals surface area contributed by atoms with Crippen molar-refractivity contribution in [3.05, 3.63) is 35.9 Å². The molecule has 0 N–H and O–H groups in total. The average molecular weight is 321 g/mol. The normalized spacial score (nSPS) is 23.6. The van der Waals surface area contributed by atoms with Crippen LogP contribution in [-0.2, 0) is 15.8 Å². The van der Waals surface area contributed by atoms with E-state index >= 15 is 0 Å². The van der Waals surface area contributed by atoms with Crippen LogP contribution in [0.1, 0.15) is 18.4 Å². The van der Waals surface area contributed by atoms with Crippen LogP contribution in [0.4, 0.5) is 0 Å². The average Bonchev–Trinajstić information content (AvgIpc) is 2.94. The van der Waals surface area contributed by atoms with Gasteiger partial charge in [0.2, 0.25) is 10.0 Å². The minimum Gasteiger partial charge on any atom is -0.361 e. The summed E-state index contributed by atoms with van der Waals surface area (Å²) in [7, 11) is -1.21. The molecular weight excluding hydrogens is 298 g/mol. The minimum atomic E-state index is -3.26. The molecule has 0 spiro atoms. The Morgan fingerprint density at radius 2 is 2.00 bits per heavy atom. The highest BCUT2D eigenvalue weighted by atomic mass is 32.2. The highest BCUT2D eigenvalue weighted by molar-refractivity contribution is 7.88. The van der Waals surface area contributed by atoms with E-state index in [9.17, 15) is 8.42 Å². The monoisotopic (exact) mass is 321 g/mol. The molecule has 0 aliphatic carbocycles. The lowest BCUT2D eigenvalue weighted by Crippen LogP contribution is -2.45. The zero-order valence-corrected chi connectivity index (χ0v) is 13.8. The number of hydrogen-bond acceptors (Lipinski definition) is 4. The molecule has 1 unspecified atom stereocenters. The fourth-order valence-electron chi connectivity index (χ4n) is 3.27. The van der Waals surface area contributed by atoms with Crippen LogP contribution in [-0.4, -0.2) is 56.7 Å². The van der Waals surface area contributed by atoms with Crippen LogP contribution in [0.2, 0.25) is 0 Å². The van der Waals surface area contributed by atoms with Crippen LogP contribution in [0.5, 0.6) is 0 Å². The molecule has 120 valence electrons. The predicted molar refractivity (Wildman–Crippen MR) is 88.3 cm³/mol.